The maximum absolute atomic E-state index is 4.64. The second-order valence-electron chi connectivity index (χ2n) is 7.25. The van der Waals surface area contributed by atoms with E-state index in [0.29, 0.717) is 6.04 Å². The van der Waals surface area contributed by atoms with Crippen LogP contribution in [0.2, 0.25) is 0 Å². The molecule has 8 nitrogen and oxygen atoms in total. The first-order valence-electron chi connectivity index (χ1n) is 9.96. The van der Waals surface area contributed by atoms with Crippen molar-refractivity contribution in [3.05, 3.63) is 54.7 Å². The van der Waals surface area contributed by atoms with Crippen LogP contribution in [0, 0.1) is 0 Å². The van der Waals surface area contributed by atoms with Crippen molar-refractivity contribution in [3.63, 3.8) is 0 Å². The summed E-state index contributed by atoms with van der Waals surface area (Å²) in [4.78, 5) is 5.23. The van der Waals surface area contributed by atoms with E-state index in [9.17, 15) is 0 Å². The molecule has 30 heavy (non-hydrogen) atoms. The molecule has 0 amide bonds. The summed E-state index contributed by atoms with van der Waals surface area (Å²) in [7, 11) is 1.77. The third-order valence-electron chi connectivity index (χ3n) is 5.22. The van der Waals surface area contributed by atoms with Gasteiger partial charge in [-0.25, -0.2) is 4.52 Å². The Morgan fingerprint density at radius 3 is 3.00 bits per heavy atom. The smallest absolute Gasteiger partial charge is 0.124 e. The molecule has 1 atom stereocenters. The zero-order valence-corrected chi connectivity index (χ0v) is 17.5. The fraction of sp³-hybridized carbons (Fsp3) is 0.286. The molecule has 9 heteroatoms. The van der Waals surface area contributed by atoms with Crippen molar-refractivity contribution < 1.29 is 0 Å². The molecule has 5 heterocycles. The number of piperidine rings is 1. The largest absolute Gasteiger partial charge is 0.315 e. The van der Waals surface area contributed by atoms with Gasteiger partial charge >= 0.3 is 0 Å². The summed E-state index contributed by atoms with van der Waals surface area (Å²) in [6, 6.07) is 6.42. The Kier molecular flexibility index (Phi) is 5.29. The lowest BCUT2D eigenvalue weighted by Crippen LogP contribution is -2.31. The number of aliphatic imine (C=N–C) groups is 1. The van der Waals surface area contributed by atoms with Gasteiger partial charge in [-0.15, -0.1) is 5.10 Å². The molecule has 0 saturated carbocycles. The number of rotatable bonds is 5. The number of fused-ring (bicyclic) bond motifs is 1. The molecule has 0 radical (unpaired) electrons. The highest BCUT2D eigenvalue weighted by Crippen LogP contribution is 2.34. The Labute approximate surface area is 178 Å². The van der Waals surface area contributed by atoms with Crippen LogP contribution in [-0.4, -0.2) is 55.9 Å². The minimum atomic E-state index is 0.404. The van der Waals surface area contributed by atoms with Crippen LogP contribution in [0.4, 0.5) is 0 Å². The molecule has 0 unspecified atom stereocenters. The van der Waals surface area contributed by atoms with Gasteiger partial charge in [0.25, 0.3) is 0 Å². The predicted octanol–water partition coefficient (Wildman–Crippen LogP) is 3.11. The average Bonchev–Trinajstić information content (AvgIpc) is 3.43. The highest BCUT2D eigenvalue weighted by Gasteiger charge is 2.18. The van der Waals surface area contributed by atoms with E-state index in [1.54, 1.807) is 25.0 Å². The monoisotopic (exact) mass is 418 g/mol. The van der Waals surface area contributed by atoms with Gasteiger partial charge in [-0.2, -0.15) is 15.3 Å². The second-order valence-corrected chi connectivity index (χ2v) is 8.31. The maximum atomic E-state index is 4.64. The van der Waals surface area contributed by atoms with Crippen molar-refractivity contribution in [2.75, 3.05) is 20.1 Å². The lowest BCUT2D eigenvalue weighted by atomic mass is 10.1. The Morgan fingerprint density at radius 2 is 2.20 bits per heavy atom. The van der Waals surface area contributed by atoms with E-state index < -0.39 is 0 Å². The first-order valence-corrected chi connectivity index (χ1v) is 10.8. The van der Waals surface area contributed by atoms with E-state index in [-0.39, 0.29) is 0 Å². The molecular formula is C21H22N8S. The summed E-state index contributed by atoms with van der Waals surface area (Å²) >= 11 is 1.57. The lowest BCUT2D eigenvalue weighted by molar-refractivity contribution is 0.347. The fourth-order valence-corrected chi connectivity index (χ4v) is 4.73. The van der Waals surface area contributed by atoms with E-state index in [0.717, 1.165) is 51.6 Å². The normalized spacial score (nSPS) is 17.2. The molecule has 4 aromatic rings. The van der Waals surface area contributed by atoms with Crippen LogP contribution < -0.4 is 5.32 Å². The maximum Gasteiger partial charge on any atom is 0.124 e. The van der Waals surface area contributed by atoms with Gasteiger partial charge in [-0.3, -0.25) is 9.67 Å². The summed E-state index contributed by atoms with van der Waals surface area (Å²) in [5, 5.41) is 21.7. The third kappa shape index (κ3) is 3.73. The molecule has 0 bridgehead atoms. The van der Waals surface area contributed by atoms with Gasteiger partial charge < -0.3 is 5.32 Å². The molecule has 1 N–H and O–H groups in total. The molecule has 152 valence electrons. The SMILES string of the molecule is C/N=C\c1cnn2cc(-c3cnn([C@H]4CCCNC4)c3)cc(Sc3cccnn3)c12. The highest BCUT2D eigenvalue weighted by molar-refractivity contribution is 7.99. The van der Waals surface area contributed by atoms with Gasteiger partial charge in [0.1, 0.15) is 5.03 Å². The van der Waals surface area contributed by atoms with Crippen molar-refractivity contribution >= 4 is 23.5 Å². The summed E-state index contributed by atoms with van der Waals surface area (Å²) in [6.45, 7) is 2.06. The zero-order chi connectivity index (χ0) is 20.3. The first kappa shape index (κ1) is 19.0. The number of nitrogens with zero attached hydrogens (tertiary/aromatic N) is 7. The van der Waals surface area contributed by atoms with Crippen LogP contribution in [0.5, 0.6) is 0 Å². The predicted molar refractivity (Wildman–Crippen MR) is 117 cm³/mol. The zero-order valence-electron chi connectivity index (χ0n) is 16.6. The van der Waals surface area contributed by atoms with Crippen LogP contribution >= 0.6 is 11.8 Å². The summed E-state index contributed by atoms with van der Waals surface area (Å²) < 4.78 is 3.99. The lowest BCUT2D eigenvalue weighted by Gasteiger charge is -2.22. The number of nitrogens with one attached hydrogen (secondary N) is 1. The Hall–Kier alpha value is -3.04. The third-order valence-corrected chi connectivity index (χ3v) is 6.17. The Bertz CT molecular complexity index is 1170. The quantitative estimate of drug-likeness (QED) is 0.501. The molecule has 1 fully saturated rings. The Morgan fingerprint density at radius 1 is 1.23 bits per heavy atom. The minimum Gasteiger partial charge on any atom is -0.315 e. The van der Waals surface area contributed by atoms with Crippen LogP contribution in [0.1, 0.15) is 24.4 Å². The summed E-state index contributed by atoms with van der Waals surface area (Å²) in [6.07, 6.45) is 13.8. The highest BCUT2D eigenvalue weighted by atomic mass is 32.2. The molecule has 1 aliphatic heterocycles. The molecule has 1 saturated heterocycles. The van der Waals surface area contributed by atoms with Crippen molar-refractivity contribution in [3.8, 4) is 11.1 Å². The van der Waals surface area contributed by atoms with Gasteiger partial charge in [0, 0.05) is 60.0 Å². The summed E-state index contributed by atoms with van der Waals surface area (Å²) in [5.41, 5.74) is 4.11. The van der Waals surface area contributed by atoms with Crippen LogP contribution in [0.3, 0.4) is 0 Å². The fourth-order valence-electron chi connectivity index (χ4n) is 3.78. The van der Waals surface area contributed by atoms with E-state index in [1.807, 2.05) is 41.5 Å². The minimum absolute atomic E-state index is 0.404. The van der Waals surface area contributed by atoms with Crippen LogP contribution in [0.15, 0.2) is 64.1 Å². The number of hydrogen-bond donors (Lipinski definition) is 1. The van der Waals surface area contributed by atoms with Crippen molar-refractivity contribution in [2.24, 2.45) is 4.99 Å². The van der Waals surface area contributed by atoms with E-state index in [4.69, 9.17) is 0 Å². The molecule has 0 aromatic carbocycles. The molecule has 4 aromatic heterocycles. The molecule has 0 spiro atoms. The van der Waals surface area contributed by atoms with Crippen LogP contribution in [0.25, 0.3) is 16.6 Å². The first-order chi connectivity index (χ1) is 14.8. The molecule has 1 aliphatic rings. The van der Waals surface area contributed by atoms with Gasteiger partial charge in [-0.05, 0) is 37.6 Å². The Balaban J connectivity index is 1.57. The van der Waals surface area contributed by atoms with Crippen molar-refractivity contribution in [2.45, 2.75) is 28.8 Å². The van der Waals surface area contributed by atoms with E-state index >= 15 is 0 Å². The van der Waals surface area contributed by atoms with Crippen molar-refractivity contribution in [1.82, 2.24) is 34.9 Å². The molecular weight excluding hydrogens is 396 g/mol. The van der Waals surface area contributed by atoms with E-state index in [2.05, 4.69) is 47.6 Å². The van der Waals surface area contributed by atoms with Gasteiger partial charge in [-0.1, -0.05) is 11.8 Å². The molecule has 5 rings (SSSR count). The average molecular weight is 419 g/mol. The van der Waals surface area contributed by atoms with Gasteiger partial charge in [0.05, 0.1) is 24.0 Å². The van der Waals surface area contributed by atoms with Gasteiger partial charge in [0.2, 0.25) is 0 Å². The second kappa shape index (κ2) is 8.37. The van der Waals surface area contributed by atoms with E-state index in [1.165, 1.54) is 6.42 Å². The van der Waals surface area contributed by atoms with Crippen LogP contribution in [-0.2, 0) is 0 Å². The van der Waals surface area contributed by atoms with Crippen molar-refractivity contribution in [1.29, 1.82) is 0 Å². The van der Waals surface area contributed by atoms with Gasteiger partial charge in [0.15, 0.2) is 0 Å². The number of pyridine rings is 1. The number of hydrogen-bond acceptors (Lipinski definition) is 7. The number of aromatic nitrogens is 6. The standard InChI is InChI=1S/C21H22N8S/c1-22-9-16-10-26-29-13-15(8-19(21(16)29)30-20-5-3-7-24-27-20)17-11-25-28(14-17)18-4-2-6-23-12-18/h3,5,7-11,13-14,18,23H,2,4,6,12H2,1H3/b22-9-/t18-/m0/s1. The summed E-state index contributed by atoms with van der Waals surface area (Å²) in [5.74, 6) is 0. The molecule has 0 aliphatic carbocycles. The topological polar surface area (TPSA) is 85.3 Å².